The predicted molar refractivity (Wildman–Crippen MR) is 213 cm³/mol. The number of carbonyl (C=O) groups excluding carboxylic acids is 2. The maximum Gasteiger partial charge on any atom is 0.315 e. The van der Waals surface area contributed by atoms with Gasteiger partial charge in [-0.3, -0.25) is 9.80 Å². The normalized spacial score (nSPS) is 30.2. The molecule has 53 heavy (non-hydrogen) atoms. The smallest absolute Gasteiger partial charge is 0.315 e. The molecule has 6 aliphatic rings. The highest BCUT2D eigenvalue weighted by Gasteiger charge is 2.44. The number of urea groups is 2. The largest absolute Gasteiger partial charge is 0.338 e. The maximum absolute atomic E-state index is 12.5. The summed E-state index contributed by atoms with van der Waals surface area (Å²) in [5.41, 5.74) is 6.34. The molecule has 4 atom stereocenters. The van der Waals surface area contributed by atoms with Gasteiger partial charge in [-0.1, -0.05) is 67.8 Å². The quantitative estimate of drug-likeness (QED) is 0.130. The summed E-state index contributed by atoms with van der Waals surface area (Å²) in [7, 11) is 0. The second-order valence-corrected chi connectivity index (χ2v) is 17.5. The molecule has 4 unspecified atom stereocenters. The van der Waals surface area contributed by atoms with E-state index in [2.05, 4.69) is 79.6 Å². The first kappa shape index (κ1) is 36.9. The third-order valence-corrected chi connectivity index (χ3v) is 14.3. The minimum absolute atomic E-state index is 0.00341. The fraction of sp³-hybridized carbons (Fsp3) is 0.689. The number of hydrogen-bond acceptors (Lipinski definition) is 4. The molecule has 2 aromatic rings. The molecule has 4 aliphatic heterocycles. The van der Waals surface area contributed by atoms with Crippen molar-refractivity contribution < 1.29 is 9.59 Å². The van der Waals surface area contributed by atoms with Crippen molar-refractivity contribution in [1.82, 2.24) is 31.1 Å². The maximum atomic E-state index is 12.5. The fourth-order valence-corrected chi connectivity index (χ4v) is 11.4. The van der Waals surface area contributed by atoms with Gasteiger partial charge in [0.2, 0.25) is 0 Å². The number of hydrogen-bond donors (Lipinski definition) is 4. The zero-order valence-electron chi connectivity index (χ0n) is 32.2. The van der Waals surface area contributed by atoms with E-state index in [1.54, 1.807) is 22.3 Å². The van der Waals surface area contributed by atoms with Crippen LogP contribution in [0.5, 0.6) is 0 Å². The van der Waals surface area contributed by atoms with Gasteiger partial charge in [0.15, 0.2) is 0 Å². The Kier molecular flexibility index (Phi) is 12.2. The van der Waals surface area contributed by atoms with Crippen LogP contribution in [0.25, 0.3) is 0 Å². The van der Waals surface area contributed by atoms with E-state index in [9.17, 15) is 9.59 Å². The topological polar surface area (TPSA) is 88.7 Å². The van der Waals surface area contributed by atoms with Gasteiger partial charge < -0.3 is 21.3 Å². The van der Waals surface area contributed by atoms with Crippen LogP contribution < -0.4 is 21.3 Å². The Balaban J connectivity index is 0.596. The van der Waals surface area contributed by atoms with Crippen molar-refractivity contribution in [2.24, 2.45) is 11.8 Å². The number of nitrogens with zero attached hydrogens (tertiary/aromatic N) is 2. The molecule has 2 aliphatic carbocycles. The van der Waals surface area contributed by atoms with Crippen LogP contribution in [-0.2, 0) is 0 Å². The first-order valence-corrected chi connectivity index (χ1v) is 21.9. The molecule has 2 saturated carbocycles. The lowest BCUT2D eigenvalue weighted by Crippen LogP contribution is -2.44. The number of unbranched alkanes of at least 4 members (excludes halogenated alkanes) is 4. The minimum atomic E-state index is 0.00341. The molecule has 2 saturated heterocycles. The molecule has 0 radical (unpaired) electrons. The molecule has 4 N–H and O–H groups in total. The van der Waals surface area contributed by atoms with Crippen molar-refractivity contribution in [3.63, 3.8) is 0 Å². The Morgan fingerprint density at radius 1 is 0.472 bits per heavy atom. The van der Waals surface area contributed by atoms with Gasteiger partial charge in [-0.15, -0.1) is 0 Å². The Bertz CT molecular complexity index is 1340. The molecule has 288 valence electrons. The lowest BCUT2D eigenvalue weighted by Gasteiger charge is -2.31. The summed E-state index contributed by atoms with van der Waals surface area (Å²) in [5.74, 6) is 1.58. The highest BCUT2D eigenvalue weighted by molar-refractivity contribution is 5.74. The number of nitrogens with one attached hydrogen (secondary N) is 4. The van der Waals surface area contributed by atoms with E-state index in [0.717, 1.165) is 82.7 Å². The van der Waals surface area contributed by atoms with Crippen LogP contribution in [0.3, 0.4) is 0 Å². The van der Waals surface area contributed by atoms with E-state index in [1.165, 1.54) is 77.3 Å². The zero-order valence-corrected chi connectivity index (χ0v) is 32.2. The molecule has 8 rings (SSSR count). The van der Waals surface area contributed by atoms with E-state index in [1.807, 2.05) is 0 Å². The van der Waals surface area contributed by atoms with Gasteiger partial charge in [0.05, 0.1) is 0 Å². The second-order valence-electron chi connectivity index (χ2n) is 17.5. The van der Waals surface area contributed by atoms with Gasteiger partial charge in [0, 0.05) is 49.3 Å². The van der Waals surface area contributed by atoms with E-state index >= 15 is 0 Å². The second kappa shape index (κ2) is 17.6. The zero-order chi connectivity index (χ0) is 36.0. The molecule has 4 bridgehead atoms. The number of amides is 4. The molecule has 8 heteroatoms. The summed E-state index contributed by atoms with van der Waals surface area (Å²) in [4.78, 5) is 30.6. The van der Waals surface area contributed by atoms with Gasteiger partial charge in [0.1, 0.15) is 0 Å². The Hall–Kier alpha value is -3.10. The molecule has 4 amide bonds. The van der Waals surface area contributed by atoms with Crippen LogP contribution >= 0.6 is 0 Å². The van der Waals surface area contributed by atoms with E-state index in [4.69, 9.17) is 0 Å². The number of benzene rings is 2. The van der Waals surface area contributed by atoms with Gasteiger partial charge in [-0.25, -0.2) is 9.59 Å². The molecular weight excluding hydrogens is 657 g/mol. The summed E-state index contributed by atoms with van der Waals surface area (Å²) in [6, 6.07) is 21.4. The average molecular weight is 723 g/mol. The summed E-state index contributed by atoms with van der Waals surface area (Å²) in [6.45, 7) is 3.91. The predicted octanol–water partition coefficient (Wildman–Crippen LogP) is 9.22. The Morgan fingerprint density at radius 3 is 1.17 bits per heavy atom. The van der Waals surface area contributed by atoms with Crippen LogP contribution in [0, 0.1) is 11.8 Å². The van der Waals surface area contributed by atoms with Crippen molar-refractivity contribution in [2.45, 2.75) is 158 Å². The van der Waals surface area contributed by atoms with Crippen molar-refractivity contribution >= 4 is 12.1 Å². The average Bonchev–Trinajstić information content (AvgIpc) is 3.95. The third-order valence-electron chi connectivity index (χ3n) is 14.3. The molecule has 0 spiro atoms. The van der Waals surface area contributed by atoms with Gasteiger partial charge in [-0.05, 0) is 150 Å². The molecule has 0 aromatic heterocycles. The van der Waals surface area contributed by atoms with Gasteiger partial charge in [-0.2, -0.15) is 0 Å². The van der Waals surface area contributed by atoms with Crippen LogP contribution in [0.15, 0.2) is 48.5 Å². The van der Waals surface area contributed by atoms with Crippen LogP contribution in [-0.4, -0.2) is 60.1 Å². The molecule has 8 nitrogen and oxygen atoms in total. The highest BCUT2D eigenvalue weighted by Crippen LogP contribution is 2.54. The first-order valence-electron chi connectivity index (χ1n) is 21.9. The lowest BCUT2D eigenvalue weighted by atomic mass is 9.84. The Morgan fingerprint density at radius 2 is 0.811 bits per heavy atom. The van der Waals surface area contributed by atoms with Gasteiger partial charge >= 0.3 is 12.1 Å². The van der Waals surface area contributed by atoms with Crippen molar-refractivity contribution in [2.75, 3.05) is 26.2 Å². The minimum Gasteiger partial charge on any atom is -0.338 e. The van der Waals surface area contributed by atoms with E-state index in [0.29, 0.717) is 36.3 Å². The van der Waals surface area contributed by atoms with Crippen molar-refractivity contribution in [1.29, 1.82) is 0 Å². The highest BCUT2D eigenvalue weighted by atomic mass is 16.2. The summed E-state index contributed by atoms with van der Waals surface area (Å²) >= 11 is 0. The molecule has 4 fully saturated rings. The summed E-state index contributed by atoms with van der Waals surface area (Å²) < 4.78 is 0. The van der Waals surface area contributed by atoms with Crippen LogP contribution in [0.1, 0.15) is 168 Å². The fourth-order valence-electron chi connectivity index (χ4n) is 11.4. The number of fused-ring (bicyclic) bond motifs is 10. The van der Waals surface area contributed by atoms with Crippen LogP contribution in [0.4, 0.5) is 9.59 Å². The Labute approximate surface area is 319 Å². The molecule has 2 aromatic carbocycles. The molecular formula is C45H66N6O2. The SMILES string of the molecule is O=C(NCCCCCCCNC(=O)NC1CCC(CCN2C3CCC2c2ccccc23)CC1)NC1CCC(CCN2C3CCC2c2ccccc23)CC1. The first-order chi connectivity index (χ1) is 26.1. The monoisotopic (exact) mass is 723 g/mol. The number of carbonyl (C=O) groups is 2. The lowest BCUT2D eigenvalue weighted by molar-refractivity contribution is 0.185. The standard InChI is InChI=1S/C45H66N6O2/c52-44(48-34-18-14-32(15-19-34)26-30-50-40-22-23-41(50)37-11-5-4-10-36(37)40)46-28-8-2-1-3-9-29-47-45(53)49-35-20-16-33(17-21-35)27-31-51-42-24-25-43(51)39-13-7-6-12-38(39)42/h4-7,10-13,32-35,40-43H,1-3,8-9,14-31H2,(H2,46,48,52)(H2,47,49,53). The third kappa shape index (κ3) is 8.75. The van der Waals surface area contributed by atoms with E-state index < -0.39 is 0 Å². The van der Waals surface area contributed by atoms with E-state index in [-0.39, 0.29) is 12.1 Å². The van der Waals surface area contributed by atoms with Crippen molar-refractivity contribution in [3.8, 4) is 0 Å². The van der Waals surface area contributed by atoms with Crippen LogP contribution in [0.2, 0.25) is 0 Å². The van der Waals surface area contributed by atoms with Crippen molar-refractivity contribution in [3.05, 3.63) is 70.8 Å². The summed E-state index contributed by atoms with van der Waals surface area (Å²) in [6.07, 6.45) is 22.6. The summed E-state index contributed by atoms with van der Waals surface area (Å²) in [5, 5.41) is 12.7. The number of rotatable bonds is 16. The molecule has 4 heterocycles. The van der Waals surface area contributed by atoms with Gasteiger partial charge in [0.25, 0.3) is 0 Å².